The van der Waals surface area contributed by atoms with Crippen LogP contribution in [0, 0.1) is 6.92 Å². The Morgan fingerprint density at radius 3 is 2.83 bits per heavy atom. The number of aryl methyl sites for hydroxylation is 2. The maximum absolute atomic E-state index is 9.29. The van der Waals surface area contributed by atoms with Crippen LogP contribution in [0.3, 0.4) is 0 Å². The van der Waals surface area contributed by atoms with E-state index in [2.05, 4.69) is 20.4 Å². The van der Waals surface area contributed by atoms with E-state index in [1.807, 2.05) is 26.3 Å². The third-order valence-electron chi connectivity index (χ3n) is 2.44. The number of nitrogens with zero attached hydrogens (tertiary/aromatic N) is 4. The molecule has 0 aliphatic heterocycles. The average molecular weight is 265 g/mol. The first-order valence-electron chi connectivity index (χ1n) is 5.42. The lowest BCUT2D eigenvalue weighted by Gasteiger charge is -2.09. The number of hydrogen-bond donors (Lipinski definition) is 2. The molecule has 18 heavy (non-hydrogen) atoms. The van der Waals surface area contributed by atoms with Crippen LogP contribution in [0.15, 0.2) is 17.4 Å². The van der Waals surface area contributed by atoms with E-state index < -0.39 is 0 Å². The number of anilines is 2. The first-order chi connectivity index (χ1) is 8.63. The van der Waals surface area contributed by atoms with Crippen molar-refractivity contribution in [1.82, 2.24) is 19.7 Å². The van der Waals surface area contributed by atoms with Crippen LogP contribution >= 0.6 is 11.8 Å². The highest BCUT2D eigenvalue weighted by Crippen LogP contribution is 2.21. The highest BCUT2D eigenvalue weighted by Gasteiger charge is 2.09. The van der Waals surface area contributed by atoms with Crippen molar-refractivity contribution >= 4 is 23.4 Å². The van der Waals surface area contributed by atoms with Gasteiger partial charge in [-0.2, -0.15) is 5.10 Å². The normalized spacial score (nSPS) is 10.7. The van der Waals surface area contributed by atoms with Gasteiger partial charge in [0.1, 0.15) is 11.6 Å². The third kappa shape index (κ3) is 2.62. The predicted octanol–water partition coefficient (Wildman–Crippen LogP) is 1.48. The van der Waals surface area contributed by atoms with E-state index in [-0.39, 0.29) is 6.61 Å². The lowest BCUT2D eigenvalue weighted by atomic mass is 10.3. The van der Waals surface area contributed by atoms with Crippen LogP contribution in [0.1, 0.15) is 11.3 Å². The summed E-state index contributed by atoms with van der Waals surface area (Å²) in [6.45, 7) is 1.82. The van der Waals surface area contributed by atoms with Gasteiger partial charge >= 0.3 is 0 Å². The first-order valence-corrected chi connectivity index (χ1v) is 6.65. The number of thioether (sulfide) groups is 1. The fourth-order valence-electron chi connectivity index (χ4n) is 1.56. The number of aliphatic hydroxyl groups excluding tert-OH is 1. The Balaban J connectivity index is 2.35. The van der Waals surface area contributed by atoms with Crippen molar-refractivity contribution in [3.05, 3.63) is 23.5 Å². The zero-order chi connectivity index (χ0) is 13.1. The van der Waals surface area contributed by atoms with Gasteiger partial charge in [-0.3, -0.25) is 4.68 Å². The fourth-order valence-corrected chi connectivity index (χ4v) is 1.90. The van der Waals surface area contributed by atoms with E-state index in [0.717, 1.165) is 11.5 Å². The molecular formula is C11H15N5OS. The van der Waals surface area contributed by atoms with Gasteiger partial charge in [0.05, 0.1) is 12.3 Å². The zero-order valence-corrected chi connectivity index (χ0v) is 11.3. The quantitative estimate of drug-likeness (QED) is 0.644. The Morgan fingerprint density at radius 2 is 2.28 bits per heavy atom. The van der Waals surface area contributed by atoms with E-state index in [9.17, 15) is 5.11 Å². The maximum atomic E-state index is 9.29. The zero-order valence-electron chi connectivity index (χ0n) is 10.5. The number of rotatable bonds is 4. The summed E-state index contributed by atoms with van der Waals surface area (Å²) in [6, 6.07) is 1.92. The van der Waals surface area contributed by atoms with Gasteiger partial charge in [-0.25, -0.2) is 9.97 Å². The van der Waals surface area contributed by atoms with E-state index in [1.165, 1.54) is 11.8 Å². The molecule has 0 saturated heterocycles. The van der Waals surface area contributed by atoms with Crippen molar-refractivity contribution in [2.75, 3.05) is 11.6 Å². The van der Waals surface area contributed by atoms with Crippen LogP contribution in [-0.2, 0) is 13.7 Å². The fraction of sp³-hybridized carbons (Fsp3) is 0.364. The monoisotopic (exact) mass is 265 g/mol. The summed E-state index contributed by atoms with van der Waals surface area (Å²) in [5.41, 5.74) is 1.58. The molecule has 2 heterocycles. The van der Waals surface area contributed by atoms with E-state index >= 15 is 0 Å². The van der Waals surface area contributed by atoms with Crippen molar-refractivity contribution in [1.29, 1.82) is 0 Å². The Bertz CT molecular complexity index is 554. The van der Waals surface area contributed by atoms with Crippen LogP contribution in [-0.4, -0.2) is 31.1 Å². The molecule has 96 valence electrons. The van der Waals surface area contributed by atoms with Crippen molar-refractivity contribution in [2.24, 2.45) is 7.05 Å². The van der Waals surface area contributed by atoms with Gasteiger partial charge < -0.3 is 10.4 Å². The molecule has 7 heteroatoms. The topological polar surface area (TPSA) is 75.9 Å². The molecule has 2 N–H and O–H groups in total. The second kappa shape index (κ2) is 5.36. The second-order valence-electron chi connectivity index (χ2n) is 3.81. The summed E-state index contributed by atoms with van der Waals surface area (Å²) in [5, 5.41) is 17.4. The molecule has 2 rings (SSSR count). The standard InChI is InChI=1S/C11H15N5OS/c1-7-4-9(16(2)15-7)13-10-8(6-17)5-12-11(14-10)18-3/h4-5,17H,6H2,1-3H3,(H,12,13,14). The average Bonchev–Trinajstić information content (AvgIpc) is 2.67. The molecular weight excluding hydrogens is 250 g/mol. The van der Waals surface area contributed by atoms with Gasteiger partial charge in [-0.15, -0.1) is 0 Å². The van der Waals surface area contributed by atoms with Gasteiger partial charge in [0.2, 0.25) is 0 Å². The first kappa shape index (κ1) is 12.8. The second-order valence-corrected chi connectivity index (χ2v) is 4.58. The van der Waals surface area contributed by atoms with Crippen LogP contribution in [0.25, 0.3) is 0 Å². The predicted molar refractivity (Wildman–Crippen MR) is 71.0 cm³/mol. The minimum Gasteiger partial charge on any atom is -0.391 e. The number of aliphatic hydroxyl groups is 1. The van der Waals surface area contributed by atoms with Gasteiger partial charge in [0.15, 0.2) is 5.16 Å². The number of aromatic nitrogens is 4. The van der Waals surface area contributed by atoms with Crippen LogP contribution in [0.5, 0.6) is 0 Å². The molecule has 0 aliphatic rings. The molecule has 0 aromatic carbocycles. The van der Waals surface area contributed by atoms with E-state index in [4.69, 9.17) is 0 Å². The van der Waals surface area contributed by atoms with E-state index in [0.29, 0.717) is 16.5 Å². The lowest BCUT2D eigenvalue weighted by molar-refractivity contribution is 0.281. The maximum Gasteiger partial charge on any atom is 0.189 e. The molecule has 2 aromatic rings. The van der Waals surface area contributed by atoms with Crippen molar-refractivity contribution in [3.8, 4) is 0 Å². The van der Waals surface area contributed by atoms with Crippen molar-refractivity contribution in [3.63, 3.8) is 0 Å². The van der Waals surface area contributed by atoms with Crippen LogP contribution in [0.2, 0.25) is 0 Å². The summed E-state index contributed by atoms with van der Waals surface area (Å²) in [5.74, 6) is 1.44. The summed E-state index contributed by atoms with van der Waals surface area (Å²) in [6.07, 6.45) is 3.54. The number of nitrogens with one attached hydrogen (secondary N) is 1. The molecule has 0 bridgehead atoms. The SMILES string of the molecule is CSc1ncc(CO)c(Nc2cc(C)nn2C)n1. The molecule has 2 aromatic heterocycles. The van der Waals surface area contributed by atoms with Crippen molar-refractivity contribution in [2.45, 2.75) is 18.7 Å². The Hall–Kier alpha value is -1.60. The van der Waals surface area contributed by atoms with Gasteiger partial charge in [0, 0.05) is 24.9 Å². The van der Waals surface area contributed by atoms with Crippen molar-refractivity contribution < 1.29 is 5.11 Å². The molecule has 0 amide bonds. The molecule has 0 unspecified atom stereocenters. The molecule has 6 nitrogen and oxygen atoms in total. The molecule has 0 atom stereocenters. The lowest BCUT2D eigenvalue weighted by Crippen LogP contribution is -2.05. The minimum absolute atomic E-state index is 0.103. The molecule has 0 aliphatic carbocycles. The largest absolute Gasteiger partial charge is 0.391 e. The van der Waals surface area contributed by atoms with Gasteiger partial charge in [0.25, 0.3) is 0 Å². The summed E-state index contributed by atoms with van der Waals surface area (Å²) in [7, 11) is 1.85. The van der Waals surface area contributed by atoms with Crippen LogP contribution < -0.4 is 5.32 Å². The smallest absolute Gasteiger partial charge is 0.189 e. The highest BCUT2D eigenvalue weighted by atomic mass is 32.2. The van der Waals surface area contributed by atoms with Gasteiger partial charge in [-0.05, 0) is 13.2 Å². The minimum atomic E-state index is -0.103. The Morgan fingerprint density at radius 1 is 1.50 bits per heavy atom. The molecule has 0 fully saturated rings. The third-order valence-corrected chi connectivity index (χ3v) is 3.01. The molecule has 0 radical (unpaired) electrons. The van der Waals surface area contributed by atoms with E-state index in [1.54, 1.807) is 10.9 Å². The Labute approximate surface area is 109 Å². The molecule has 0 saturated carbocycles. The molecule has 0 spiro atoms. The number of hydrogen-bond acceptors (Lipinski definition) is 6. The summed E-state index contributed by atoms with van der Waals surface area (Å²) < 4.78 is 1.73. The summed E-state index contributed by atoms with van der Waals surface area (Å²) >= 11 is 1.46. The highest BCUT2D eigenvalue weighted by molar-refractivity contribution is 7.98. The van der Waals surface area contributed by atoms with Gasteiger partial charge in [-0.1, -0.05) is 11.8 Å². The Kier molecular flexibility index (Phi) is 3.83. The summed E-state index contributed by atoms with van der Waals surface area (Å²) in [4.78, 5) is 8.47. The van der Waals surface area contributed by atoms with Crippen LogP contribution in [0.4, 0.5) is 11.6 Å².